The second-order valence-corrected chi connectivity index (χ2v) is 10.6. The van der Waals surface area contributed by atoms with Crippen molar-refractivity contribution in [1.82, 2.24) is 14.7 Å². The van der Waals surface area contributed by atoms with Gasteiger partial charge in [0.15, 0.2) is 5.17 Å². The highest BCUT2D eigenvalue weighted by Gasteiger charge is 2.31. The lowest BCUT2D eigenvalue weighted by molar-refractivity contribution is -0.113. The summed E-state index contributed by atoms with van der Waals surface area (Å²) in [5.74, 6) is 0.398. The average molecular weight is 537 g/mol. The van der Waals surface area contributed by atoms with Gasteiger partial charge >= 0.3 is 0 Å². The number of para-hydroxylation sites is 1. The van der Waals surface area contributed by atoms with Crippen LogP contribution in [0.2, 0.25) is 5.02 Å². The van der Waals surface area contributed by atoms with E-state index >= 15 is 0 Å². The molecule has 3 aromatic rings. The van der Waals surface area contributed by atoms with Gasteiger partial charge in [-0.3, -0.25) is 4.79 Å². The minimum absolute atomic E-state index is 0.0833. The molecule has 1 saturated heterocycles. The number of carbonyl (C=O) groups excluding carboxylic acids is 1. The number of ether oxygens (including phenoxy) is 2. The van der Waals surface area contributed by atoms with Crippen LogP contribution >= 0.6 is 23.4 Å². The van der Waals surface area contributed by atoms with Gasteiger partial charge in [0.25, 0.3) is 5.91 Å². The molecule has 0 saturated carbocycles. The molecular formula is C28H29ClN4O3S. The molecule has 9 heteroatoms. The van der Waals surface area contributed by atoms with E-state index in [1.165, 1.54) is 11.8 Å². The van der Waals surface area contributed by atoms with Gasteiger partial charge in [0, 0.05) is 30.4 Å². The van der Waals surface area contributed by atoms with Crippen LogP contribution in [-0.2, 0) is 9.53 Å². The molecule has 1 amide bonds. The number of thioether (sulfide) groups is 1. The molecule has 2 atom stereocenters. The van der Waals surface area contributed by atoms with Crippen molar-refractivity contribution in [3.05, 3.63) is 70.2 Å². The van der Waals surface area contributed by atoms with Crippen LogP contribution in [0.25, 0.3) is 23.0 Å². The number of carbonyl (C=O) groups is 1. The summed E-state index contributed by atoms with van der Waals surface area (Å²) in [6.07, 6.45) is 4.86. The lowest BCUT2D eigenvalue weighted by Gasteiger charge is -2.35. The van der Waals surface area contributed by atoms with Crippen LogP contribution in [0.5, 0.6) is 5.75 Å². The van der Waals surface area contributed by atoms with Crippen molar-refractivity contribution in [2.45, 2.75) is 39.4 Å². The van der Waals surface area contributed by atoms with Crippen molar-refractivity contribution in [2.24, 2.45) is 4.99 Å². The van der Waals surface area contributed by atoms with Crippen LogP contribution in [0.1, 0.15) is 32.8 Å². The van der Waals surface area contributed by atoms with E-state index in [1.54, 1.807) is 0 Å². The smallest absolute Gasteiger partial charge is 0.286 e. The zero-order chi connectivity index (χ0) is 25.9. The molecule has 0 N–H and O–H groups in total. The predicted octanol–water partition coefficient (Wildman–Crippen LogP) is 6.06. The summed E-state index contributed by atoms with van der Waals surface area (Å²) in [6, 6.07) is 15.5. The molecule has 2 aliphatic heterocycles. The molecule has 2 aliphatic rings. The standard InChI is InChI=1S/C28H29ClN4O3S/c1-4-12-35-24-11-10-20(13-23(24)29)26-21(17-33(31-26)22-8-6-5-7-9-22)14-25-27(34)30-28(37-25)32-15-18(2)36-19(3)16-32/h5-11,13-14,17-19H,4,12,15-16H2,1-3H3/b25-14-/t18-,19+. The molecular weight excluding hydrogens is 508 g/mol. The Morgan fingerprint density at radius 3 is 2.62 bits per heavy atom. The molecule has 0 unspecified atom stereocenters. The van der Waals surface area contributed by atoms with Gasteiger partial charge < -0.3 is 14.4 Å². The van der Waals surface area contributed by atoms with Crippen LogP contribution < -0.4 is 4.74 Å². The first-order valence-corrected chi connectivity index (χ1v) is 13.6. The normalized spacial score (nSPS) is 21.0. The van der Waals surface area contributed by atoms with E-state index < -0.39 is 0 Å². The lowest BCUT2D eigenvalue weighted by atomic mass is 10.1. The van der Waals surface area contributed by atoms with Crippen LogP contribution in [0.3, 0.4) is 0 Å². The van der Waals surface area contributed by atoms with Gasteiger partial charge in [-0.1, -0.05) is 36.7 Å². The van der Waals surface area contributed by atoms with Crippen molar-refractivity contribution < 1.29 is 14.3 Å². The molecule has 5 rings (SSSR count). The summed E-state index contributed by atoms with van der Waals surface area (Å²) in [6.45, 7) is 8.14. The van der Waals surface area contributed by atoms with Gasteiger partial charge in [-0.05, 0) is 68.4 Å². The minimum Gasteiger partial charge on any atom is -0.492 e. The van der Waals surface area contributed by atoms with Crippen molar-refractivity contribution in [2.75, 3.05) is 19.7 Å². The Morgan fingerprint density at radius 2 is 1.92 bits per heavy atom. The van der Waals surface area contributed by atoms with Crippen LogP contribution in [-0.4, -0.2) is 57.7 Å². The Hall–Kier alpha value is -3.07. The maximum Gasteiger partial charge on any atom is 0.286 e. The van der Waals surface area contributed by atoms with Crippen molar-refractivity contribution in [3.8, 4) is 22.7 Å². The molecule has 0 spiro atoms. The Labute approximate surface area is 226 Å². The third-order valence-corrected chi connectivity index (χ3v) is 7.36. The van der Waals surface area contributed by atoms with Crippen LogP contribution in [0.4, 0.5) is 0 Å². The Balaban J connectivity index is 1.49. The number of hydrogen-bond acceptors (Lipinski definition) is 6. The highest BCUT2D eigenvalue weighted by molar-refractivity contribution is 8.18. The average Bonchev–Trinajstić information content (AvgIpc) is 3.47. The van der Waals surface area contributed by atoms with Gasteiger partial charge in [-0.25, -0.2) is 4.68 Å². The van der Waals surface area contributed by atoms with Crippen molar-refractivity contribution in [3.63, 3.8) is 0 Å². The number of amides is 1. The predicted molar refractivity (Wildman–Crippen MR) is 149 cm³/mol. The topological polar surface area (TPSA) is 68.9 Å². The van der Waals surface area contributed by atoms with Gasteiger partial charge in [-0.15, -0.1) is 0 Å². The van der Waals surface area contributed by atoms with Crippen LogP contribution in [0.15, 0.2) is 64.6 Å². The SMILES string of the molecule is CCCOc1ccc(-c2nn(-c3ccccc3)cc2/C=C2\SC(N3C[C@@H](C)O[C@@H](C)C3)=NC2=O)cc1Cl. The monoisotopic (exact) mass is 536 g/mol. The number of hydrogen-bond donors (Lipinski definition) is 0. The zero-order valence-electron chi connectivity index (χ0n) is 21.1. The first kappa shape index (κ1) is 25.6. The summed E-state index contributed by atoms with van der Waals surface area (Å²) in [4.78, 5) is 20.0. The number of morpholine rings is 1. The highest BCUT2D eigenvalue weighted by Crippen LogP contribution is 2.36. The van der Waals surface area contributed by atoms with E-state index in [9.17, 15) is 4.79 Å². The largest absolute Gasteiger partial charge is 0.492 e. The van der Waals surface area contributed by atoms with Crippen molar-refractivity contribution in [1.29, 1.82) is 0 Å². The fourth-order valence-corrected chi connectivity index (χ4v) is 5.57. The van der Waals surface area contributed by atoms with Crippen LogP contribution in [0, 0.1) is 0 Å². The Morgan fingerprint density at radius 1 is 1.16 bits per heavy atom. The first-order chi connectivity index (χ1) is 17.9. The fourth-order valence-electron chi connectivity index (χ4n) is 4.42. The van der Waals surface area contributed by atoms with E-state index in [0.717, 1.165) is 34.1 Å². The summed E-state index contributed by atoms with van der Waals surface area (Å²) in [7, 11) is 0. The second-order valence-electron chi connectivity index (χ2n) is 9.18. The molecule has 2 aromatic carbocycles. The summed E-state index contributed by atoms with van der Waals surface area (Å²) >= 11 is 7.94. The van der Waals surface area contributed by atoms with Crippen molar-refractivity contribution >= 4 is 40.5 Å². The fraction of sp³-hybridized carbons (Fsp3) is 0.321. The van der Waals surface area contributed by atoms with Gasteiger partial charge in [0.1, 0.15) is 11.4 Å². The molecule has 0 bridgehead atoms. The molecule has 1 fully saturated rings. The van der Waals surface area contributed by atoms with Gasteiger partial charge in [-0.2, -0.15) is 10.1 Å². The maximum atomic E-state index is 12.9. The molecule has 0 radical (unpaired) electrons. The molecule has 37 heavy (non-hydrogen) atoms. The second kappa shape index (κ2) is 11.1. The summed E-state index contributed by atoms with van der Waals surface area (Å²) in [5.41, 5.74) is 3.28. The molecule has 7 nitrogen and oxygen atoms in total. The number of rotatable bonds is 6. The first-order valence-electron chi connectivity index (χ1n) is 12.4. The van der Waals surface area contributed by atoms with E-state index in [0.29, 0.717) is 35.4 Å². The van der Waals surface area contributed by atoms with Gasteiger partial charge in [0.05, 0.1) is 34.4 Å². The van der Waals surface area contributed by atoms with E-state index in [2.05, 4.69) is 16.8 Å². The van der Waals surface area contributed by atoms with E-state index in [4.69, 9.17) is 26.2 Å². The maximum absolute atomic E-state index is 12.9. The third kappa shape index (κ3) is 5.76. The number of halogens is 1. The van der Waals surface area contributed by atoms with E-state index in [-0.39, 0.29) is 18.1 Å². The molecule has 3 heterocycles. The number of aliphatic imine (C=N–C) groups is 1. The quantitative estimate of drug-likeness (QED) is 0.357. The zero-order valence-corrected chi connectivity index (χ0v) is 22.6. The molecule has 192 valence electrons. The van der Waals surface area contributed by atoms with E-state index in [1.807, 2.05) is 79.3 Å². The number of aromatic nitrogens is 2. The molecule has 0 aliphatic carbocycles. The number of benzene rings is 2. The third-order valence-electron chi connectivity index (χ3n) is 6.02. The lowest BCUT2D eigenvalue weighted by Crippen LogP contribution is -2.47. The molecule has 1 aromatic heterocycles. The van der Waals surface area contributed by atoms with Gasteiger partial charge in [0.2, 0.25) is 0 Å². The Kier molecular flexibility index (Phi) is 7.69. The number of amidine groups is 1. The summed E-state index contributed by atoms with van der Waals surface area (Å²) < 4.78 is 13.4. The highest BCUT2D eigenvalue weighted by atomic mass is 35.5. The number of nitrogens with zero attached hydrogens (tertiary/aromatic N) is 4. The minimum atomic E-state index is -0.244. The Bertz CT molecular complexity index is 1340. The summed E-state index contributed by atoms with van der Waals surface area (Å²) in [5, 5.41) is 6.11.